The molecule has 100 valence electrons. The van der Waals surface area contributed by atoms with Gasteiger partial charge in [0, 0.05) is 0 Å². The van der Waals surface area contributed by atoms with Crippen LogP contribution in [0, 0.1) is 0 Å². The first-order valence-electron chi connectivity index (χ1n) is 6.07. The lowest BCUT2D eigenvalue weighted by molar-refractivity contribution is 0.0684. The second kappa shape index (κ2) is 5.56. The van der Waals surface area contributed by atoms with E-state index in [2.05, 4.69) is 5.10 Å². The highest BCUT2D eigenvalue weighted by Crippen LogP contribution is 2.15. The molecule has 0 bridgehead atoms. The van der Waals surface area contributed by atoms with Gasteiger partial charge in [-0.25, -0.2) is 4.79 Å². The van der Waals surface area contributed by atoms with Crippen LogP contribution in [-0.4, -0.2) is 28.0 Å². The highest BCUT2D eigenvalue weighted by atomic mass is 16.5. The van der Waals surface area contributed by atoms with Crippen LogP contribution >= 0.6 is 0 Å². The molecule has 0 unspecified atom stereocenters. The number of hydrogen-bond donors (Lipinski definition) is 1. The second-order valence-electron chi connectivity index (χ2n) is 4.19. The highest BCUT2D eigenvalue weighted by Gasteiger charge is 2.13. The van der Waals surface area contributed by atoms with E-state index in [0.29, 0.717) is 13.0 Å². The van der Waals surface area contributed by atoms with Crippen LogP contribution in [0.15, 0.2) is 30.3 Å². The van der Waals surface area contributed by atoms with Gasteiger partial charge in [0.05, 0.1) is 19.3 Å². The van der Waals surface area contributed by atoms with Crippen molar-refractivity contribution < 1.29 is 14.6 Å². The molecule has 0 aliphatic heterocycles. The number of rotatable bonds is 5. The largest absolute Gasteiger partial charge is 0.497 e. The van der Waals surface area contributed by atoms with E-state index < -0.39 is 5.97 Å². The molecule has 2 rings (SSSR count). The lowest BCUT2D eigenvalue weighted by Crippen LogP contribution is -2.11. The average molecular weight is 260 g/mol. The molecule has 0 atom stereocenters. The molecule has 5 nitrogen and oxygen atoms in total. The summed E-state index contributed by atoms with van der Waals surface area (Å²) in [5, 5.41) is 13.5. The Kier molecular flexibility index (Phi) is 3.85. The van der Waals surface area contributed by atoms with Crippen LogP contribution < -0.4 is 4.74 Å². The number of methoxy groups -OCH3 is 1. The monoisotopic (exact) mass is 260 g/mol. The molecule has 5 heteroatoms. The maximum Gasteiger partial charge on any atom is 0.354 e. The Bertz CT molecular complexity index is 590. The molecule has 19 heavy (non-hydrogen) atoms. The second-order valence-corrected chi connectivity index (χ2v) is 4.19. The van der Waals surface area contributed by atoms with Gasteiger partial charge in [-0.1, -0.05) is 19.1 Å². The van der Waals surface area contributed by atoms with Crippen LogP contribution in [0.4, 0.5) is 0 Å². The molecule has 1 aromatic heterocycles. The van der Waals surface area contributed by atoms with E-state index in [4.69, 9.17) is 9.84 Å². The number of carbonyl (C=O) groups is 1. The fourth-order valence-electron chi connectivity index (χ4n) is 1.88. The summed E-state index contributed by atoms with van der Waals surface area (Å²) in [6, 6.07) is 9.13. The Morgan fingerprint density at radius 2 is 2.21 bits per heavy atom. The summed E-state index contributed by atoms with van der Waals surface area (Å²) in [6.07, 6.45) is 0.714. The van der Waals surface area contributed by atoms with E-state index in [9.17, 15) is 4.79 Å². The Morgan fingerprint density at radius 1 is 1.42 bits per heavy atom. The van der Waals surface area contributed by atoms with E-state index in [1.807, 2.05) is 31.2 Å². The van der Waals surface area contributed by atoms with E-state index >= 15 is 0 Å². The van der Waals surface area contributed by atoms with E-state index in [0.717, 1.165) is 17.0 Å². The number of nitrogens with zero attached hydrogens (tertiary/aromatic N) is 2. The normalized spacial score (nSPS) is 10.4. The van der Waals surface area contributed by atoms with Crippen LogP contribution in [0.5, 0.6) is 5.75 Å². The molecule has 0 saturated carbocycles. The van der Waals surface area contributed by atoms with Crippen LogP contribution in [0.2, 0.25) is 0 Å². The molecular formula is C14H16N2O3. The summed E-state index contributed by atoms with van der Waals surface area (Å²) in [5.41, 5.74) is 1.94. The molecule has 1 N–H and O–H groups in total. The molecule has 0 amide bonds. The van der Waals surface area contributed by atoms with Gasteiger partial charge in [-0.3, -0.25) is 4.68 Å². The lowest BCUT2D eigenvalue weighted by atomic mass is 10.2. The van der Waals surface area contributed by atoms with Gasteiger partial charge in [-0.15, -0.1) is 0 Å². The van der Waals surface area contributed by atoms with Crippen LogP contribution in [-0.2, 0) is 13.0 Å². The molecule has 0 aliphatic carbocycles. The zero-order valence-corrected chi connectivity index (χ0v) is 11.0. The number of benzene rings is 1. The van der Waals surface area contributed by atoms with Gasteiger partial charge in [0.1, 0.15) is 11.4 Å². The van der Waals surface area contributed by atoms with Crippen LogP contribution in [0.25, 0.3) is 0 Å². The molecule has 0 spiro atoms. The zero-order valence-electron chi connectivity index (χ0n) is 11.0. The zero-order chi connectivity index (χ0) is 13.8. The third-order valence-corrected chi connectivity index (χ3v) is 2.88. The standard InChI is InChI=1S/C14H16N2O3/c1-3-11-8-13(14(17)18)16(15-11)9-10-5-4-6-12(7-10)19-2/h4-8H,3,9H2,1-2H3,(H,17,18). The molecule has 0 radical (unpaired) electrons. The summed E-state index contributed by atoms with van der Waals surface area (Å²) in [5.74, 6) is -0.215. The van der Waals surface area contributed by atoms with E-state index in [1.165, 1.54) is 4.68 Å². The molecule has 1 heterocycles. The fraction of sp³-hybridized carbons (Fsp3) is 0.286. The molecule has 1 aromatic carbocycles. The summed E-state index contributed by atoms with van der Waals surface area (Å²) in [6.45, 7) is 2.36. The first-order chi connectivity index (χ1) is 9.13. The van der Waals surface area contributed by atoms with Gasteiger partial charge in [0.15, 0.2) is 0 Å². The first kappa shape index (κ1) is 13.1. The van der Waals surface area contributed by atoms with Crippen LogP contribution in [0.1, 0.15) is 28.7 Å². The van der Waals surface area contributed by atoms with Crippen molar-refractivity contribution in [3.8, 4) is 5.75 Å². The Hall–Kier alpha value is -2.30. The van der Waals surface area contributed by atoms with Crippen molar-refractivity contribution in [3.05, 3.63) is 47.3 Å². The average Bonchev–Trinajstić information content (AvgIpc) is 2.82. The van der Waals surface area contributed by atoms with Crippen molar-refractivity contribution >= 4 is 5.97 Å². The van der Waals surface area contributed by atoms with Gasteiger partial charge in [-0.05, 0) is 30.2 Å². The summed E-state index contributed by atoms with van der Waals surface area (Å²) in [7, 11) is 1.60. The highest BCUT2D eigenvalue weighted by molar-refractivity contribution is 5.85. The predicted octanol–water partition coefficient (Wildman–Crippen LogP) is 2.20. The van der Waals surface area contributed by atoms with Crippen molar-refractivity contribution in [2.75, 3.05) is 7.11 Å². The number of ether oxygens (including phenoxy) is 1. The Morgan fingerprint density at radius 3 is 2.84 bits per heavy atom. The van der Waals surface area contributed by atoms with Crippen molar-refractivity contribution in [2.24, 2.45) is 0 Å². The summed E-state index contributed by atoms with van der Waals surface area (Å²) in [4.78, 5) is 11.2. The number of carboxylic acids is 1. The number of aromatic carboxylic acids is 1. The third kappa shape index (κ3) is 2.93. The quantitative estimate of drug-likeness (QED) is 0.895. The number of carboxylic acid groups (broad SMARTS) is 1. The predicted molar refractivity (Wildman–Crippen MR) is 70.7 cm³/mol. The fourth-order valence-corrected chi connectivity index (χ4v) is 1.88. The van der Waals surface area contributed by atoms with Gasteiger partial charge in [0.25, 0.3) is 0 Å². The van der Waals surface area contributed by atoms with Gasteiger partial charge in [-0.2, -0.15) is 5.10 Å². The third-order valence-electron chi connectivity index (χ3n) is 2.88. The topological polar surface area (TPSA) is 64.3 Å². The number of aromatic nitrogens is 2. The van der Waals surface area contributed by atoms with Crippen molar-refractivity contribution in [2.45, 2.75) is 19.9 Å². The maximum atomic E-state index is 11.2. The lowest BCUT2D eigenvalue weighted by Gasteiger charge is -2.06. The maximum absolute atomic E-state index is 11.2. The van der Waals surface area contributed by atoms with Gasteiger partial charge < -0.3 is 9.84 Å². The number of hydrogen-bond acceptors (Lipinski definition) is 3. The summed E-state index contributed by atoms with van der Waals surface area (Å²) >= 11 is 0. The molecule has 2 aromatic rings. The minimum absolute atomic E-state index is 0.208. The minimum atomic E-state index is -0.963. The van der Waals surface area contributed by atoms with Crippen molar-refractivity contribution in [1.29, 1.82) is 0 Å². The molecular weight excluding hydrogens is 244 g/mol. The smallest absolute Gasteiger partial charge is 0.354 e. The SMILES string of the molecule is CCc1cc(C(=O)O)n(Cc2cccc(OC)c2)n1. The molecule has 0 saturated heterocycles. The Balaban J connectivity index is 2.31. The summed E-state index contributed by atoms with van der Waals surface area (Å²) < 4.78 is 6.66. The van der Waals surface area contributed by atoms with Crippen molar-refractivity contribution in [3.63, 3.8) is 0 Å². The first-order valence-corrected chi connectivity index (χ1v) is 6.07. The van der Waals surface area contributed by atoms with Gasteiger partial charge >= 0.3 is 5.97 Å². The van der Waals surface area contributed by atoms with E-state index in [-0.39, 0.29) is 5.69 Å². The minimum Gasteiger partial charge on any atom is -0.497 e. The molecule has 0 aliphatic rings. The van der Waals surface area contributed by atoms with Crippen molar-refractivity contribution in [1.82, 2.24) is 9.78 Å². The van der Waals surface area contributed by atoms with E-state index in [1.54, 1.807) is 13.2 Å². The van der Waals surface area contributed by atoms with Gasteiger partial charge in [0.2, 0.25) is 0 Å². The Labute approximate surface area is 111 Å². The molecule has 0 fully saturated rings. The van der Waals surface area contributed by atoms with Crippen LogP contribution in [0.3, 0.4) is 0 Å². The number of aryl methyl sites for hydroxylation is 1.